The van der Waals surface area contributed by atoms with E-state index in [1.54, 1.807) is 0 Å². The minimum absolute atomic E-state index is 0.0263. The molecule has 0 aromatic carbocycles. The van der Waals surface area contributed by atoms with Crippen molar-refractivity contribution in [3.8, 4) is 0 Å². The molecule has 1 saturated heterocycles. The minimum atomic E-state index is -0.0401. The Bertz CT molecular complexity index is 225. The van der Waals surface area contributed by atoms with Crippen molar-refractivity contribution < 1.29 is 9.84 Å². The fraction of sp³-hybridized carbons (Fsp3) is 1.00. The maximum absolute atomic E-state index is 8.77. The Hall–Kier alpha value is -0.160. The zero-order valence-corrected chi connectivity index (χ0v) is 11.3. The predicted octanol–water partition coefficient (Wildman–Crippen LogP) is 1.03. The molecule has 1 rings (SSSR count). The summed E-state index contributed by atoms with van der Waals surface area (Å²) in [5.74, 6) is 0. The number of ether oxygens (including phenoxy) is 1. The molecule has 1 aliphatic rings. The van der Waals surface area contributed by atoms with Gasteiger partial charge in [0.15, 0.2) is 0 Å². The molecule has 4 heteroatoms. The second-order valence-electron chi connectivity index (χ2n) is 5.42. The van der Waals surface area contributed by atoms with Gasteiger partial charge in [-0.25, -0.2) is 0 Å². The monoisotopic (exact) mass is 244 g/mol. The number of aliphatic hydroxyl groups is 1. The number of unbranched alkanes of at least 4 members (excludes halogenated alkanes) is 1. The Morgan fingerprint density at radius 1 is 1.41 bits per heavy atom. The van der Waals surface area contributed by atoms with Crippen LogP contribution in [0.15, 0.2) is 0 Å². The van der Waals surface area contributed by atoms with E-state index in [4.69, 9.17) is 15.6 Å². The molecule has 1 fully saturated rings. The van der Waals surface area contributed by atoms with Crippen LogP contribution >= 0.6 is 0 Å². The largest absolute Gasteiger partial charge is 0.396 e. The summed E-state index contributed by atoms with van der Waals surface area (Å²) in [6.45, 7) is 6.98. The van der Waals surface area contributed by atoms with E-state index < -0.39 is 0 Å². The molecule has 2 atom stereocenters. The van der Waals surface area contributed by atoms with E-state index >= 15 is 0 Å². The van der Waals surface area contributed by atoms with Crippen LogP contribution in [0.2, 0.25) is 0 Å². The van der Waals surface area contributed by atoms with Crippen molar-refractivity contribution in [2.24, 2.45) is 5.73 Å². The third-order valence-electron chi connectivity index (χ3n) is 3.97. The lowest BCUT2D eigenvalue weighted by Crippen LogP contribution is -2.59. The quantitative estimate of drug-likeness (QED) is 0.585. The molecule has 0 spiro atoms. The molecule has 0 bridgehead atoms. The van der Waals surface area contributed by atoms with Crippen LogP contribution in [0.1, 0.15) is 46.0 Å². The number of aliphatic hydroxyl groups excluding tert-OH is 1. The van der Waals surface area contributed by atoms with E-state index in [-0.39, 0.29) is 17.7 Å². The smallest absolute Gasteiger partial charge is 0.0670 e. The molecule has 0 saturated carbocycles. The molecule has 0 aromatic rings. The van der Waals surface area contributed by atoms with Gasteiger partial charge in [0.1, 0.15) is 0 Å². The fourth-order valence-electron chi connectivity index (χ4n) is 2.56. The van der Waals surface area contributed by atoms with Crippen LogP contribution in [0.4, 0.5) is 0 Å². The number of hydrogen-bond acceptors (Lipinski definition) is 4. The zero-order chi connectivity index (χ0) is 12.8. The molecule has 2 unspecified atom stereocenters. The average molecular weight is 244 g/mol. The Labute approximate surface area is 105 Å². The Kier molecular flexibility index (Phi) is 5.86. The summed E-state index contributed by atoms with van der Waals surface area (Å²) in [6, 6.07) is 0. The lowest BCUT2D eigenvalue weighted by atomic mass is 9.79. The zero-order valence-electron chi connectivity index (χ0n) is 11.3. The summed E-state index contributed by atoms with van der Waals surface area (Å²) in [7, 11) is 0. The standard InChI is InChI=1S/C13H28N2O2/c1-3-12(2)10-13(11-14,6-9-17-12)15-7-4-5-8-16/h15-16H,3-11,14H2,1-2H3. The second-order valence-corrected chi connectivity index (χ2v) is 5.42. The van der Waals surface area contributed by atoms with Crippen molar-refractivity contribution in [3.63, 3.8) is 0 Å². The highest BCUT2D eigenvalue weighted by Gasteiger charge is 2.40. The van der Waals surface area contributed by atoms with Gasteiger partial charge < -0.3 is 20.9 Å². The SMILES string of the molecule is CCC1(C)CC(CN)(NCCCCO)CCO1. The van der Waals surface area contributed by atoms with Gasteiger partial charge in [0.2, 0.25) is 0 Å². The first kappa shape index (κ1) is 14.9. The van der Waals surface area contributed by atoms with Gasteiger partial charge in [0.25, 0.3) is 0 Å². The highest BCUT2D eigenvalue weighted by Crippen LogP contribution is 2.33. The lowest BCUT2D eigenvalue weighted by Gasteiger charge is -2.46. The lowest BCUT2D eigenvalue weighted by molar-refractivity contribution is -0.0994. The summed E-state index contributed by atoms with van der Waals surface area (Å²) in [5, 5.41) is 12.4. The normalized spacial score (nSPS) is 33.9. The minimum Gasteiger partial charge on any atom is -0.396 e. The van der Waals surface area contributed by atoms with Gasteiger partial charge in [-0.2, -0.15) is 0 Å². The molecular weight excluding hydrogens is 216 g/mol. The van der Waals surface area contributed by atoms with Gasteiger partial charge in [-0.1, -0.05) is 6.92 Å². The first-order valence-electron chi connectivity index (χ1n) is 6.80. The van der Waals surface area contributed by atoms with Crippen LogP contribution < -0.4 is 11.1 Å². The van der Waals surface area contributed by atoms with Crippen LogP contribution in [0.5, 0.6) is 0 Å². The molecular formula is C13H28N2O2. The summed E-state index contributed by atoms with van der Waals surface area (Å²) in [4.78, 5) is 0. The van der Waals surface area contributed by atoms with Crippen molar-refractivity contribution in [1.29, 1.82) is 0 Å². The summed E-state index contributed by atoms with van der Waals surface area (Å²) in [6.07, 6.45) is 4.84. The number of hydrogen-bond donors (Lipinski definition) is 3. The molecule has 0 amide bonds. The molecule has 1 aliphatic heterocycles. The molecule has 102 valence electrons. The summed E-state index contributed by atoms with van der Waals surface area (Å²) in [5.41, 5.74) is 5.95. The third kappa shape index (κ3) is 4.21. The van der Waals surface area contributed by atoms with Crippen LogP contribution in [0.3, 0.4) is 0 Å². The van der Waals surface area contributed by atoms with Gasteiger partial charge in [-0.05, 0) is 45.6 Å². The Morgan fingerprint density at radius 2 is 2.18 bits per heavy atom. The van der Waals surface area contributed by atoms with Crippen LogP contribution in [0, 0.1) is 0 Å². The first-order chi connectivity index (χ1) is 8.10. The predicted molar refractivity (Wildman–Crippen MR) is 70.0 cm³/mol. The molecule has 17 heavy (non-hydrogen) atoms. The van der Waals surface area contributed by atoms with Crippen LogP contribution in [0.25, 0.3) is 0 Å². The highest BCUT2D eigenvalue weighted by molar-refractivity contribution is 4.98. The number of rotatable bonds is 7. The maximum atomic E-state index is 8.77. The van der Waals surface area contributed by atoms with E-state index in [9.17, 15) is 0 Å². The molecule has 4 nitrogen and oxygen atoms in total. The molecule has 0 aromatic heterocycles. The van der Waals surface area contributed by atoms with Crippen molar-refractivity contribution in [2.75, 3.05) is 26.3 Å². The van der Waals surface area contributed by atoms with E-state index in [1.807, 2.05) is 0 Å². The summed E-state index contributed by atoms with van der Waals surface area (Å²) >= 11 is 0. The topological polar surface area (TPSA) is 67.5 Å². The number of nitrogens with one attached hydrogen (secondary N) is 1. The molecule has 0 radical (unpaired) electrons. The second kappa shape index (κ2) is 6.69. The van der Waals surface area contributed by atoms with E-state index in [0.29, 0.717) is 6.54 Å². The van der Waals surface area contributed by atoms with Gasteiger partial charge in [-0.3, -0.25) is 0 Å². The maximum Gasteiger partial charge on any atom is 0.0670 e. The van der Waals surface area contributed by atoms with Crippen molar-refractivity contribution in [3.05, 3.63) is 0 Å². The van der Waals surface area contributed by atoms with Gasteiger partial charge in [0, 0.05) is 25.3 Å². The Morgan fingerprint density at radius 3 is 2.76 bits per heavy atom. The van der Waals surface area contributed by atoms with Gasteiger partial charge >= 0.3 is 0 Å². The first-order valence-corrected chi connectivity index (χ1v) is 6.80. The average Bonchev–Trinajstić information content (AvgIpc) is 2.35. The Balaban J connectivity index is 2.49. The molecule has 0 aliphatic carbocycles. The van der Waals surface area contributed by atoms with Crippen LogP contribution in [-0.4, -0.2) is 42.5 Å². The third-order valence-corrected chi connectivity index (χ3v) is 3.97. The van der Waals surface area contributed by atoms with Crippen molar-refractivity contribution in [2.45, 2.75) is 57.1 Å². The molecule has 4 N–H and O–H groups in total. The van der Waals surface area contributed by atoms with E-state index in [2.05, 4.69) is 19.2 Å². The van der Waals surface area contributed by atoms with Gasteiger partial charge in [0.05, 0.1) is 5.60 Å². The van der Waals surface area contributed by atoms with Crippen molar-refractivity contribution in [1.82, 2.24) is 5.32 Å². The summed E-state index contributed by atoms with van der Waals surface area (Å²) < 4.78 is 5.86. The van der Waals surface area contributed by atoms with E-state index in [1.165, 1.54) is 0 Å². The van der Waals surface area contributed by atoms with Crippen LogP contribution in [-0.2, 0) is 4.74 Å². The van der Waals surface area contributed by atoms with Gasteiger partial charge in [-0.15, -0.1) is 0 Å². The fourth-order valence-corrected chi connectivity index (χ4v) is 2.56. The number of nitrogens with two attached hydrogens (primary N) is 1. The van der Waals surface area contributed by atoms with E-state index in [0.717, 1.165) is 45.3 Å². The molecule has 1 heterocycles. The van der Waals surface area contributed by atoms with Crippen molar-refractivity contribution >= 4 is 0 Å². The highest BCUT2D eigenvalue weighted by atomic mass is 16.5.